The van der Waals surface area contributed by atoms with Gasteiger partial charge in [0.05, 0.1) is 11.9 Å². The molecule has 0 amide bonds. The molecule has 13 heteroatoms. The van der Waals surface area contributed by atoms with Gasteiger partial charge < -0.3 is 20.9 Å². The molecular formula is C20H22F3N5O4S. The predicted molar refractivity (Wildman–Crippen MR) is 113 cm³/mol. The highest BCUT2D eigenvalue weighted by Crippen LogP contribution is 2.60. The van der Waals surface area contributed by atoms with Crippen molar-refractivity contribution in [3.05, 3.63) is 53.6 Å². The van der Waals surface area contributed by atoms with Crippen molar-refractivity contribution < 1.29 is 31.4 Å². The van der Waals surface area contributed by atoms with Gasteiger partial charge in [-0.2, -0.15) is 8.78 Å². The van der Waals surface area contributed by atoms with Gasteiger partial charge in [0.15, 0.2) is 6.23 Å². The van der Waals surface area contributed by atoms with Crippen LogP contribution in [-0.2, 0) is 15.6 Å². The van der Waals surface area contributed by atoms with E-state index in [1.165, 1.54) is 38.2 Å². The number of halogens is 3. The third kappa shape index (κ3) is 3.64. The number of sulfonamides is 1. The Morgan fingerprint density at radius 3 is 2.55 bits per heavy atom. The summed E-state index contributed by atoms with van der Waals surface area (Å²) >= 11 is 0. The van der Waals surface area contributed by atoms with Crippen LogP contribution in [0.3, 0.4) is 0 Å². The number of aliphatic hydroxyl groups excluding tert-OH is 1. The fraction of sp³-hybridized carbons (Fsp3) is 0.400. The van der Waals surface area contributed by atoms with Crippen molar-refractivity contribution in [2.75, 3.05) is 12.4 Å². The zero-order valence-electron chi connectivity index (χ0n) is 17.7. The molecule has 0 radical (unpaired) electrons. The number of rotatable bonds is 6. The lowest BCUT2D eigenvalue weighted by Gasteiger charge is -2.42. The summed E-state index contributed by atoms with van der Waals surface area (Å²) in [5.41, 5.74) is 4.73. The first kappa shape index (κ1) is 23.1. The molecule has 2 aliphatic rings. The van der Waals surface area contributed by atoms with Crippen LogP contribution in [0.15, 0.2) is 41.5 Å². The Labute approximate surface area is 188 Å². The van der Waals surface area contributed by atoms with Crippen molar-refractivity contribution >= 4 is 21.7 Å². The molecule has 1 aliphatic heterocycles. The van der Waals surface area contributed by atoms with Gasteiger partial charge in [0.2, 0.25) is 16.0 Å². The van der Waals surface area contributed by atoms with Gasteiger partial charge in [-0.3, -0.25) is 4.98 Å². The van der Waals surface area contributed by atoms with Gasteiger partial charge in [-0.05, 0) is 50.1 Å². The molecule has 1 saturated carbocycles. The molecule has 178 valence electrons. The van der Waals surface area contributed by atoms with E-state index in [-0.39, 0.29) is 28.7 Å². The number of pyridine rings is 1. The Hall–Kier alpha value is -3.06. The second-order valence-corrected chi connectivity index (χ2v) is 10.3. The maximum Gasteiger partial charge on any atom is 0.387 e. The molecule has 2 atom stereocenters. The number of aliphatic hydroxyl groups is 1. The number of aliphatic imine (C=N–C) groups is 1. The van der Waals surface area contributed by atoms with E-state index in [4.69, 9.17) is 5.73 Å². The van der Waals surface area contributed by atoms with Gasteiger partial charge in [0, 0.05) is 18.3 Å². The minimum Gasteiger partial charge on any atom is -0.433 e. The average Bonchev–Trinajstić information content (AvgIpc) is 3.56. The Balaban J connectivity index is 1.65. The number of nitrogens with zero attached hydrogens (tertiary/aromatic N) is 3. The number of benzene rings is 1. The molecule has 33 heavy (non-hydrogen) atoms. The smallest absolute Gasteiger partial charge is 0.387 e. The molecule has 2 aromatic rings. The maximum absolute atomic E-state index is 15.0. The third-order valence-electron chi connectivity index (χ3n) is 6.17. The zero-order chi connectivity index (χ0) is 24.2. The number of ether oxygens (including phenoxy) is 1. The Morgan fingerprint density at radius 1 is 1.27 bits per heavy atom. The van der Waals surface area contributed by atoms with Crippen molar-refractivity contribution in [1.29, 1.82) is 0 Å². The first-order valence-corrected chi connectivity index (χ1v) is 11.3. The topological polar surface area (TPSA) is 130 Å². The number of hydrogen-bond donors (Lipinski definition) is 3. The second-order valence-electron chi connectivity index (χ2n) is 8.05. The minimum absolute atomic E-state index is 0.00506. The summed E-state index contributed by atoms with van der Waals surface area (Å²) in [4.78, 5) is 8.25. The summed E-state index contributed by atoms with van der Waals surface area (Å²) in [5.74, 6) is -1.10. The first-order chi connectivity index (χ1) is 15.4. The second kappa shape index (κ2) is 7.76. The molecule has 1 aliphatic carbocycles. The molecule has 1 unspecified atom stereocenters. The van der Waals surface area contributed by atoms with Gasteiger partial charge in [-0.15, -0.1) is 0 Å². The molecule has 9 nitrogen and oxygen atoms in total. The number of guanidine groups is 1. The Kier molecular flexibility index (Phi) is 5.44. The van der Waals surface area contributed by atoms with Gasteiger partial charge in [-0.25, -0.2) is 22.1 Å². The van der Waals surface area contributed by atoms with Crippen LogP contribution in [0.5, 0.6) is 5.75 Å². The van der Waals surface area contributed by atoms with Crippen LogP contribution in [0, 0.1) is 5.82 Å². The summed E-state index contributed by atoms with van der Waals surface area (Å²) in [5, 5.41) is 13.2. The molecular weight excluding hydrogens is 463 g/mol. The lowest BCUT2D eigenvalue weighted by Crippen LogP contribution is -2.58. The molecule has 0 bridgehead atoms. The highest BCUT2D eigenvalue weighted by Gasteiger charge is 2.70. The van der Waals surface area contributed by atoms with Gasteiger partial charge >= 0.3 is 6.61 Å². The molecule has 1 aromatic heterocycles. The average molecular weight is 485 g/mol. The predicted octanol–water partition coefficient (Wildman–Crippen LogP) is 2.26. The number of anilines is 1. The normalized spacial score (nSPS) is 23.8. The summed E-state index contributed by atoms with van der Waals surface area (Å²) in [6.07, 6.45) is 0.246. The van der Waals surface area contributed by atoms with Crippen LogP contribution in [-0.4, -0.2) is 47.2 Å². The Bertz CT molecular complexity index is 1200. The van der Waals surface area contributed by atoms with Crippen LogP contribution < -0.4 is 15.8 Å². The van der Waals surface area contributed by atoms with Gasteiger partial charge in [0.1, 0.15) is 21.9 Å². The van der Waals surface area contributed by atoms with E-state index in [1.807, 2.05) is 0 Å². The number of nitrogens with one attached hydrogen (secondary N) is 1. The SMILES string of the molecule is CN1C(N)=N[C@](C)(c2cc(NC(O)c3ccc(OC(F)F)cn3)ccc2F)C2(CC2)S1(=O)=O. The fourth-order valence-corrected chi connectivity index (χ4v) is 6.23. The van der Waals surface area contributed by atoms with Crippen LogP contribution in [0.1, 0.15) is 37.3 Å². The molecule has 4 N–H and O–H groups in total. The highest BCUT2D eigenvalue weighted by molar-refractivity contribution is 7.91. The van der Waals surface area contributed by atoms with E-state index >= 15 is 0 Å². The van der Waals surface area contributed by atoms with Crippen molar-refractivity contribution in [2.24, 2.45) is 10.7 Å². The quantitative estimate of drug-likeness (QED) is 0.535. The van der Waals surface area contributed by atoms with Crippen LogP contribution in [0.4, 0.5) is 18.9 Å². The molecule has 1 spiro atoms. The van der Waals surface area contributed by atoms with Crippen LogP contribution in [0.25, 0.3) is 0 Å². The van der Waals surface area contributed by atoms with Crippen molar-refractivity contribution in [2.45, 2.75) is 42.9 Å². The fourth-order valence-electron chi connectivity index (χ4n) is 4.15. The van der Waals surface area contributed by atoms with Crippen molar-refractivity contribution in [3.8, 4) is 5.75 Å². The van der Waals surface area contributed by atoms with E-state index in [2.05, 4.69) is 20.0 Å². The molecule has 1 aromatic carbocycles. The molecule has 0 saturated heterocycles. The van der Waals surface area contributed by atoms with E-state index < -0.39 is 39.0 Å². The zero-order valence-corrected chi connectivity index (χ0v) is 18.5. The number of nitrogens with two attached hydrogens (primary N) is 1. The summed E-state index contributed by atoms with van der Waals surface area (Å²) in [7, 11) is -2.57. The van der Waals surface area contributed by atoms with E-state index in [9.17, 15) is 26.7 Å². The van der Waals surface area contributed by atoms with Crippen molar-refractivity contribution in [3.63, 3.8) is 0 Å². The summed E-state index contributed by atoms with van der Waals surface area (Å²) < 4.78 is 69.5. The first-order valence-electron chi connectivity index (χ1n) is 9.90. The lowest BCUT2D eigenvalue weighted by molar-refractivity contribution is -0.0501. The monoisotopic (exact) mass is 485 g/mol. The minimum atomic E-state index is -3.88. The molecule has 4 rings (SSSR count). The van der Waals surface area contributed by atoms with E-state index in [0.717, 1.165) is 16.6 Å². The molecule has 1 fully saturated rings. The van der Waals surface area contributed by atoms with Gasteiger partial charge in [0.25, 0.3) is 0 Å². The number of hydrogen-bond acceptors (Lipinski definition) is 8. The van der Waals surface area contributed by atoms with E-state index in [1.54, 1.807) is 0 Å². The Morgan fingerprint density at radius 2 is 1.97 bits per heavy atom. The standard InChI is InChI=1S/C20H22F3N5O4S/c1-19(20(7-8-20)33(30,31)28(2)18(24)27-19)13-9-11(3-5-14(13)21)26-16(29)15-6-4-12(10-25-15)32-17(22)23/h3-6,9-10,16-17,26,29H,7-8H2,1-2H3,(H2,24,27)/t16?,19-/m1/s1. The largest absolute Gasteiger partial charge is 0.433 e. The molecule has 2 heterocycles. The summed E-state index contributed by atoms with van der Waals surface area (Å²) in [6.45, 7) is -1.48. The number of alkyl halides is 2. The van der Waals surface area contributed by atoms with Crippen LogP contribution >= 0.6 is 0 Å². The maximum atomic E-state index is 15.0. The third-order valence-corrected chi connectivity index (χ3v) is 8.87. The number of aromatic nitrogens is 1. The highest BCUT2D eigenvalue weighted by atomic mass is 32.2. The van der Waals surface area contributed by atoms with E-state index in [0.29, 0.717) is 12.8 Å². The van der Waals surface area contributed by atoms with Crippen molar-refractivity contribution in [1.82, 2.24) is 9.29 Å². The van der Waals surface area contributed by atoms with Crippen LogP contribution in [0.2, 0.25) is 0 Å². The lowest BCUT2D eigenvalue weighted by atomic mass is 9.86. The van der Waals surface area contributed by atoms with Gasteiger partial charge in [-0.1, -0.05) is 0 Å². The summed E-state index contributed by atoms with van der Waals surface area (Å²) in [6, 6.07) is 6.36.